The van der Waals surface area contributed by atoms with Gasteiger partial charge in [-0.25, -0.2) is 8.78 Å². The maximum absolute atomic E-state index is 13.8. The number of nitrogens with one attached hydrogen (secondary N) is 1. The van der Waals surface area contributed by atoms with Crippen LogP contribution in [0.5, 0.6) is 0 Å². The van der Waals surface area contributed by atoms with E-state index in [1.54, 1.807) is 0 Å². The van der Waals surface area contributed by atoms with E-state index in [2.05, 4.69) is 10.4 Å². The third kappa shape index (κ3) is 3.47. The van der Waals surface area contributed by atoms with Crippen molar-refractivity contribution in [2.24, 2.45) is 0 Å². The lowest BCUT2D eigenvalue weighted by molar-refractivity contribution is 0.497. The van der Waals surface area contributed by atoms with Gasteiger partial charge in [0.15, 0.2) is 0 Å². The molecule has 1 atom stereocenters. The normalized spacial score (nSPS) is 12.6. The molecule has 1 aromatic carbocycles. The highest BCUT2D eigenvalue weighted by Gasteiger charge is 2.18. The summed E-state index contributed by atoms with van der Waals surface area (Å²) in [6.07, 6.45) is 1.24. The molecule has 2 rings (SSSR count). The molecule has 1 heterocycles. The topological polar surface area (TPSA) is 29.9 Å². The number of benzene rings is 1. The molecule has 1 aromatic heterocycles. The zero-order valence-electron chi connectivity index (χ0n) is 12.7. The number of likely N-dealkylation sites (N-methyl/N-ethyl adjacent to an activating group) is 1. The van der Waals surface area contributed by atoms with Crippen LogP contribution in [-0.2, 0) is 19.4 Å². The lowest BCUT2D eigenvalue weighted by atomic mass is 10.0. The monoisotopic (exact) mass is 293 g/mol. The van der Waals surface area contributed by atoms with E-state index in [0.29, 0.717) is 12.0 Å². The van der Waals surface area contributed by atoms with Crippen molar-refractivity contribution in [2.75, 3.05) is 7.05 Å². The van der Waals surface area contributed by atoms with Gasteiger partial charge in [-0.3, -0.25) is 4.68 Å². The molecule has 3 nitrogen and oxygen atoms in total. The molecule has 0 amide bonds. The Morgan fingerprint density at radius 2 is 2.00 bits per heavy atom. The van der Waals surface area contributed by atoms with Crippen LogP contribution >= 0.6 is 0 Å². The molecule has 0 spiro atoms. The summed E-state index contributed by atoms with van der Waals surface area (Å²) >= 11 is 0. The first-order valence-electron chi connectivity index (χ1n) is 7.26. The first kappa shape index (κ1) is 15.6. The maximum Gasteiger partial charge on any atom is 0.126 e. The van der Waals surface area contributed by atoms with E-state index >= 15 is 0 Å². The van der Waals surface area contributed by atoms with Gasteiger partial charge < -0.3 is 5.32 Å². The first-order valence-corrected chi connectivity index (χ1v) is 7.26. The predicted octanol–water partition coefficient (Wildman–Crippen LogP) is 3.25. The van der Waals surface area contributed by atoms with Gasteiger partial charge in [0.05, 0.1) is 17.4 Å². The first-order chi connectivity index (χ1) is 10.1. The highest BCUT2D eigenvalue weighted by Crippen LogP contribution is 2.22. The van der Waals surface area contributed by atoms with Gasteiger partial charge >= 0.3 is 0 Å². The van der Waals surface area contributed by atoms with Crippen molar-refractivity contribution in [1.29, 1.82) is 0 Å². The lowest BCUT2D eigenvalue weighted by Gasteiger charge is -2.18. The molecular formula is C16H21F2N3. The number of hydrogen-bond donors (Lipinski definition) is 1. The SMILES string of the molecule is CCc1cc(C(Cc2cc(F)ccc2F)NC)n(CC)n1. The molecule has 0 aliphatic rings. The molecular weight excluding hydrogens is 272 g/mol. The van der Waals surface area contributed by atoms with E-state index in [1.165, 1.54) is 12.1 Å². The summed E-state index contributed by atoms with van der Waals surface area (Å²) in [6, 6.07) is 5.49. The van der Waals surface area contributed by atoms with Crippen molar-refractivity contribution in [2.45, 2.75) is 39.3 Å². The van der Waals surface area contributed by atoms with Gasteiger partial charge in [-0.1, -0.05) is 6.92 Å². The summed E-state index contributed by atoms with van der Waals surface area (Å²) < 4.78 is 29.0. The van der Waals surface area contributed by atoms with Crippen LogP contribution in [0, 0.1) is 11.6 Å². The molecule has 0 aliphatic heterocycles. The van der Waals surface area contributed by atoms with Gasteiger partial charge in [0.25, 0.3) is 0 Å². The molecule has 2 aromatic rings. The van der Waals surface area contributed by atoms with E-state index in [4.69, 9.17) is 0 Å². The van der Waals surface area contributed by atoms with Gasteiger partial charge in [0.2, 0.25) is 0 Å². The largest absolute Gasteiger partial charge is 0.311 e. The summed E-state index contributed by atoms with van der Waals surface area (Å²) in [5.74, 6) is -0.797. The van der Waals surface area contributed by atoms with Crippen molar-refractivity contribution < 1.29 is 8.78 Å². The number of aromatic nitrogens is 2. The second-order valence-corrected chi connectivity index (χ2v) is 5.01. The molecule has 0 fully saturated rings. The Balaban J connectivity index is 2.31. The third-order valence-corrected chi connectivity index (χ3v) is 3.66. The minimum absolute atomic E-state index is 0.103. The van der Waals surface area contributed by atoms with Crippen LogP contribution in [0.1, 0.15) is 36.8 Å². The molecule has 5 heteroatoms. The molecule has 0 saturated carbocycles. The minimum Gasteiger partial charge on any atom is -0.311 e. The average Bonchev–Trinajstić information content (AvgIpc) is 2.91. The van der Waals surface area contributed by atoms with Crippen molar-refractivity contribution in [3.63, 3.8) is 0 Å². The predicted molar refractivity (Wildman–Crippen MR) is 79.1 cm³/mol. The molecule has 21 heavy (non-hydrogen) atoms. The van der Waals surface area contributed by atoms with Crippen LogP contribution in [0.4, 0.5) is 8.78 Å². The summed E-state index contributed by atoms with van der Waals surface area (Å²) in [7, 11) is 1.82. The molecule has 0 saturated heterocycles. The fraction of sp³-hybridized carbons (Fsp3) is 0.438. The summed E-state index contributed by atoms with van der Waals surface area (Å²) in [5, 5.41) is 7.68. The fourth-order valence-corrected chi connectivity index (χ4v) is 2.47. The lowest BCUT2D eigenvalue weighted by Crippen LogP contribution is -2.22. The Labute approximate surface area is 124 Å². The van der Waals surface area contributed by atoms with E-state index in [-0.39, 0.29) is 11.9 Å². The van der Waals surface area contributed by atoms with Crippen LogP contribution in [0.15, 0.2) is 24.3 Å². The third-order valence-electron chi connectivity index (χ3n) is 3.66. The smallest absolute Gasteiger partial charge is 0.126 e. The van der Waals surface area contributed by atoms with Crippen molar-refractivity contribution >= 4 is 0 Å². The number of halogens is 2. The zero-order chi connectivity index (χ0) is 15.4. The second kappa shape index (κ2) is 6.80. The van der Waals surface area contributed by atoms with Crippen LogP contribution < -0.4 is 5.32 Å². The van der Waals surface area contributed by atoms with Crippen LogP contribution in [0.25, 0.3) is 0 Å². The van der Waals surface area contributed by atoms with Gasteiger partial charge in [-0.15, -0.1) is 0 Å². The minimum atomic E-state index is -0.417. The molecule has 1 N–H and O–H groups in total. The summed E-state index contributed by atoms with van der Waals surface area (Å²) in [5.41, 5.74) is 2.38. The number of nitrogens with zero attached hydrogens (tertiary/aromatic N) is 2. The van der Waals surface area contributed by atoms with E-state index in [0.717, 1.165) is 30.4 Å². The van der Waals surface area contributed by atoms with Crippen LogP contribution in [0.3, 0.4) is 0 Å². The van der Waals surface area contributed by atoms with Crippen molar-refractivity contribution in [3.8, 4) is 0 Å². The standard InChI is InChI=1S/C16H21F2N3/c1-4-13-10-16(21(5-2)20-13)15(19-3)9-11-8-12(17)6-7-14(11)18/h6-8,10,15,19H,4-5,9H2,1-3H3. The fourth-order valence-electron chi connectivity index (χ4n) is 2.47. The Morgan fingerprint density at radius 3 is 2.62 bits per heavy atom. The summed E-state index contributed by atoms with van der Waals surface area (Å²) in [4.78, 5) is 0. The molecule has 1 unspecified atom stereocenters. The Kier molecular flexibility index (Phi) is 5.07. The molecule has 0 radical (unpaired) electrons. The highest BCUT2D eigenvalue weighted by molar-refractivity contribution is 5.23. The van der Waals surface area contributed by atoms with Crippen molar-refractivity contribution in [1.82, 2.24) is 15.1 Å². The number of aryl methyl sites for hydroxylation is 2. The molecule has 0 aliphatic carbocycles. The van der Waals surface area contributed by atoms with E-state index in [9.17, 15) is 8.78 Å². The second-order valence-electron chi connectivity index (χ2n) is 5.01. The molecule has 114 valence electrons. The van der Waals surface area contributed by atoms with E-state index < -0.39 is 5.82 Å². The number of hydrogen-bond acceptors (Lipinski definition) is 2. The Bertz CT molecular complexity index is 608. The van der Waals surface area contributed by atoms with Crippen molar-refractivity contribution in [3.05, 3.63) is 52.9 Å². The van der Waals surface area contributed by atoms with Crippen LogP contribution in [0.2, 0.25) is 0 Å². The van der Waals surface area contributed by atoms with Gasteiger partial charge in [-0.05, 0) is 56.6 Å². The van der Waals surface area contributed by atoms with E-state index in [1.807, 2.05) is 31.6 Å². The maximum atomic E-state index is 13.8. The average molecular weight is 293 g/mol. The van der Waals surface area contributed by atoms with Gasteiger partial charge in [0.1, 0.15) is 11.6 Å². The Morgan fingerprint density at radius 1 is 1.24 bits per heavy atom. The van der Waals surface area contributed by atoms with Gasteiger partial charge in [0, 0.05) is 6.54 Å². The Hall–Kier alpha value is -1.75. The van der Waals surface area contributed by atoms with Crippen LogP contribution in [-0.4, -0.2) is 16.8 Å². The highest BCUT2D eigenvalue weighted by atomic mass is 19.1. The zero-order valence-corrected chi connectivity index (χ0v) is 12.7. The molecule has 0 bridgehead atoms. The quantitative estimate of drug-likeness (QED) is 0.886. The summed E-state index contributed by atoms with van der Waals surface area (Å²) in [6.45, 7) is 4.82. The number of rotatable bonds is 6. The van der Waals surface area contributed by atoms with Gasteiger partial charge in [-0.2, -0.15) is 5.10 Å².